The standard InChI is InChI=1S/C11H13ClFN3O/c1-6-14-5-7-8(15-6)3-2-4-9(7)16-11(17)10(12)13/h5,9-10H,2-4H2,1H3,(H,16,17). The van der Waals surface area contributed by atoms with Crippen molar-refractivity contribution < 1.29 is 9.18 Å². The average Bonchev–Trinajstić information content (AvgIpc) is 2.28. The van der Waals surface area contributed by atoms with Crippen LogP contribution in [0.4, 0.5) is 4.39 Å². The van der Waals surface area contributed by atoms with Gasteiger partial charge in [-0.3, -0.25) is 4.79 Å². The maximum Gasteiger partial charge on any atom is 0.270 e. The molecule has 1 N–H and O–H groups in total. The third-order valence-electron chi connectivity index (χ3n) is 2.82. The van der Waals surface area contributed by atoms with Gasteiger partial charge in [0, 0.05) is 17.5 Å². The summed E-state index contributed by atoms with van der Waals surface area (Å²) < 4.78 is 12.6. The van der Waals surface area contributed by atoms with Gasteiger partial charge in [-0.25, -0.2) is 14.4 Å². The molecule has 2 rings (SSSR count). The lowest BCUT2D eigenvalue weighted by Crippen LogP contribution is -2.35. The predicted octanol–water partition coefficient (Wildman–Crippen LogP) is 1.81. The number of carbonyl (C=O) groups excluding carboxylic acids is 1. The number of rotatable bonds is 2. The smallest absolute Gasteiger partial charge is 0.270 e. The largest absolute Gasteiger partial charge is 0.346 e. The summed E-state index contributed by atoms with van der Waals surface area (Å²) in [5.41, 5.74) is -0.210. The van der Waals surface area contributed by atoms with Crippen LogP contribution in [0.1, 0.15) is 36.0 Å². The normalized spacial score (nSPS) is 20.5. The molecule has 1 amide bonds. The van der Waals surface area contributed by atoms with Gasteiger partial charge < -0.3 is 5.32 Å². The second-order valence-electron chi connectivity index (χ2n) is 4.07. The molecule has 4 nitrogen and oxygen atoms in total. The van der Waals surface area contributed by atoms with E-state index in [-0.39, 0.29) is 6.04 Å². The summed E-state index contributed by atoms with van der Waals surface area (Å²) in [6.45, 7) is 1.82. The fourth-order valence-electron chi connectivity index (χ4n) is 2.03. The van der Waals surface area contributed by atoms with E-state index in [4.69, 9.17) is 11.6 Å². The summed E-state index contributed by atoms with van der Waals surface area (Å²) in [7, 11) is 0. The van der Waals surface area contributed by atoms with Gasteiger partial charge in [-0.05, 0) is 26.2 Å². The van der Waals surface area contributed by atoms with E-state index in [0.717, 1.165) is 30.5 Å². The maximum atomic E-state index is 12.6. The average molecular weight is 258 g/mol. The fourth-order valence-corrected chi connectivity index (χ4v) is 2.09. The zero-order valence-corrected chi connectivity index (χ0v) is 10.2. The molecule has 0 saturated heterocycles. The third kappa shape index (κ3) is 2.72. The molecular formula is C11H13ClFN3O. The number of hydrogen-bond acceptors (Lipinski definition) is 3. The first-order valence-corrected chi connectivity index (χ1v) is 5.92. The van der Waals surface area contributed by atoms with E-state index in [1.165, 1.54) is 0 Å². The van der Waals surface area contributed by atoms with Crippen LogP contribution in [0.3, 0.4) is 0 Å². The molecule has 1 aliphatic carbocycles. The highest BCUT2D eigenvalue weighted by Gasteiger charge is 2.25. The van der Waals surface area contributed by atoms with Crippen LogP contribution in [-0.4, -0.2) is 21.5 Å². The molecule has 92 valence electrons. The molecule has 0 spiro atoms. The topological polar surface area (TPSA) is 54.9 Å². The van der Waals surface area contributed by atoms with Gasteiger partial charge in [-0.15, -0.1) is 0 Å². The van der Waals surface area contributed by atoms with E-state index in [1.54, 1.807) is 6.20 Å². The van der Waals surface area contributed by atoms with Crippen LogP contribution in [0.25, 0.3) is 0 Å². The molecule has 2 unspecified atom stereocenters. The number of amides is 1. The Labute approximate surface area is 104 Å². The highest BCUT2D eigenvalue weighted by atomic mass is 35.5. The van der Waals surface area contributed by atoms with Gasteiger partial charge in [-0.2, -0.15) is 0 Å². The first kappa shape index (κ1) is 12.2. The van der Waals surface area contributed by atoms with Gasteiger partial charge in [0.15, 0.2) is 0 Å². The van der Waals surface area contributed by atoms with Gasteiger partial charge in [0.2, 0.25) is 0 Å². The molecule has 1 aromatic rings. The van der Waals surface area contributed by atoms with E-state index in [1.807, 2.05) is 6.92 Å². The molecular weight excluding hydrogens is 245 g/mol. The van der Waals surface area contributed by atoms with Crippen molar-refractivity contribution in [3.8, 4) is 0 Å². The van der Waals surface area contributed by atoms with Crippen LogP contribution >= 0.6 is 11.6 Å². The van der Waals surface area contributed by atoms with Crippen LogP contribution in [-0.2, 0) is 11.2 Å². The fraction of sp³-hybridized carbons (Fsp3) is 0.545. The zero-order valence-electron chi connectivity index (χ0n) is 9.41. The Balaban J connectivity index is 2.20. The molecule has 1 aliphatic rings. The monoisotopic (exact) mass is 257 g/mol. The molecule has 0 aliphatic heterocycles. The van der Waals surface area contributed by atoms with Gasteiger partial charge >= 0.3 is 0 Å². The Bertz CT molecular complexity index is 439. The summed E-state index contributed by atoms with van der Waals surface area (Å²) in [6, 6.07) is -0.233. The third-order valence-corrected chi connectivity index (χ3v) is 3.02. The van der Waals surface area contributed by atoms with Crippen LogP contribution in [0.2, 0.25) is 0 Å². The number of nitrogens with zero attached hydrogens (tertiary/aromatic N) is 2. The van der Waals surface area contributed by atoms with E-state index >= 15 is 0 Å². The van der Waals surface area contributed by atoms with Gasteiger partial charge in [0.05, 0.1) is 6.04 Å². The van der Waals surface area contributed by atoms with Crippen LogP contribution in [0.15, 0.2) is 6.20 Å². The minimum Gasteiger partial charge on any atom is -0.346 e. The van der Waals surface area contributed by atoms with E-state index in [2.05, 4.69) is 15.3 Å². The van der Waals surface area contributed by atoms with Crippen molar-refractivity contribution >= 4 is 17.5 Å². The summed E-state index contributed by atoms with van der Waals surface area (Å²) in [5.74, 6) is -0.0958. The maximum absolute atomic E-state index is 12.6. The summed E-state index contributed by atoms with van der Waals surface area (Å²) >= 11 is 5.09. The molecule has 0 fully saturated rings. The summed E-state index contributed by atoms with van der Waals surface area (Å²) in [5, 5.41) is 2.57. The minimum absolute atomic E-state index is 0.233. The Morgan fingerprint density at radius 3 is 3.18 bits per heavy atom. The Morgan fingerprint density at radius 2 is 2.47 bits per heavy atom. The number of fused-ring (bicyclic) bond motifs is 1. The molecule has 1 aromatic heterocycles. The van der Waals surface area contributed by atoms with Crippen molar-refractivity contribution in [2.75, 3.05) is 0 Å². The molecule has 0 bridgehead atoms. The van der Waals surface area contributed by atoms with Crippen LogP contribution in [0.5, 0.6) is 0 Å². The molecule has 17 heavy (non-hydrogen) atoms. The SMILES string of the molecule is Cc1ncc2c(n1)CCCC2NC(=O)C(F)Cl. The zero-order chi connectivity index (χ0) is 12.4. The Kier molecular flexibility index (Phi) is 3.57. The quantitative estimate of drug-likeness (QED) is 0.822. The van der Waals surface area contributed by atoms with Crippen molar-refractivity contribution in [3.05, 3.63) is 23.3 Å². The van der Waals surface area contributed by atoms with E-state index in [0.29, 0.717) is 5.82 Å². The second kappa shape index (κ2) is 4.96. The Hall–Kier alpha value is -1.23. The lowest BCUT2D eigenvalue weighted by molar-refractivity contribution is -0.124. The van der Waals surface area contributed by atoms with Crippen LogP contribution in [0, 0.1) is 6.92 Å². The predicted molar refractivity (Wildman–Crippen MR) is 61.3 cm³/mol. The number of alkyl halides is 2. The molecule has 0 radical (unpaired) electrons. The van der Waals surface area contributed by atoms with Crippen molar-refractivity contribution in [3.63, 3.8) is 0 Å². The van der Waals surface area contributed by atoms with Gasteiger partial charge in [-0.1, -0.05) is 11.6 Å². The molecule has 1 heterocycles. The van der Waals surface area contributed by atoms with Gasteiger partial charge in [0.25, 0.3) is 11.5 Å². The van der Waals surface area contributed by atoms with Crippen molar-refractivity contribution in [1.29, 1.82) is 0 Å². The van der Waals surface area contributed by atoms with E-state index < -0.39 is 11.5 Å². The first-order valence-electron chi connectivity index (χ1n) is 5.49. The number of halogens is 2. The van der Waals surface area contributed by atoms with Crippen molar-refractivity contribution in [2.45, 2.75) is 37.9 Å². The number of carbonyl (C=O) groups is 1. The lowest BCUT2D eigenvalue weighted by Gasteiger charge is -2.25. The number of hydrogen-bond donors (Lipinski definition) is 1. The molecule has 0 saturated carbocycles. The van der Waals surface area contributed by atoms with E-state index in [9.17, 15) is 9.18 Å². The highest BCUT2D eigenvalue weighted by molar-refractivity contribution is 6.29. The second-order valence-corrected chi connectivity index (χ2v) is 4.46. The molecule has 2 atom stereocenters. The molecule has 0 aromatic carbocycles. The Morgan fingerprint density at radius 1 is 1.71 bits per heavy atom. The summed E-state index contributed by atoms with van der Waals surface area (Å²) in [6.07, 6.45) is 4.23. The van der Waals surface area contributed by atoms with Crippen molar-refractivity contribution in [1.82, 2.24) is 15.3 Å². The van der Waals surface area contributed by atoms with Crippen LogP contribution < -0.4 is 5.32 Å². The number of aryl methyl sites for hydroxylation is 2. The van der Waals surface area contributed by atoms with Crippen molar-refractivity contribution in [2.24, 2.45) is 0 Å². The lowest BCUT2D eigenvalue weighted by atomic mass is 9.92. The number of nitrogens with one attached hydrogen (secondary N) is 1. The molecule has 6 heteroatoms. The van der Waals surface area contributed by atoms with Gasteiger partial charge in [0.1, 0.15) is 5.82 Å². The highest BCUT2D eigenvalue weighted by Crippen LogP contribution is 2.28. The first-order chi connectivity index (χ1) is 8.08. The summed E-state index contributed by atoms with van der Waals surface area (Å²) in [4.78, 5) is 19.7. The minimum atomic E-state index is -2.01. The number of aromatic nitrogens is 2.